The number of ether oxygens (including phenoxy) is 2. The second kappa shape index (κ2) is 35.1. The molecule has 0 bridgehead atoms. The predicted molar refractivity (Wildman–Crippen MR) is 217 cm³/mol. The Labute approximate surface area is 324 Å². The first-order chi connectivity index (χ1) is 25.8. The average molecular weight is 754 g/mol. The van der Waals surface area contributed by atoms with Crippen molar-refractivity contribution in [2.75, 3.05) is 13.2 Å². The molecule has 6 N–H and O–H groups in total. The van der Waals surface area contributed by atoms with E-state index in [9.17, 15) is 30.3 Å². The third-order valence-corrected chi connectivity index (χ3v) is 10.5. The van der Waals surface area contributed by atoms with Crippen LogP contribution < -0.4 is 5.32 Å². The molecule has 0 aromatic heterocycles. The highest BCUT2D eigenvalue weighted by Crippen LogP contribution is 2.23. The van der Waals surface area contributed by atoms with Crippen molar-refractivity contribution in [2.24, 2.45) is 0 Å². The molecule has 7 atom stereocenters. The zero-order valence-corrected chi connectivity index (χ0v) is 34.0. The Bertz CT molecular complexity index is 883. The van der Waals surface area contributed by atoms with Gasteiger partial charge in [-0.05, 0) is 64.2 Å². The highest BCUT2D eigenvalue weighted by atomic mass is 16.7. The lowest BCUT2D eigenvalue weighted by Gasteiger charge is -2.40. The highest BCUT2D eigenvalue weighted by Gasteiger charge is 2.44. The molecule has 312 valence electrons. The Morgan fingerprint density at radius 3 is 1.57 bits per heavy atom. The summed E-state index contributed by atoms with van der Waals surface area (Å²) in [5.41, 5.74) is 0. The number of aliphatic hydroxyl groups is 5. The number of allylic oxidation sites excluding steroid dienone is 4. The quantitative estimate of drug-likeness (QED) is 0.0275. The maximum absolute atomic E-state index is 12.9. The van der Waals surface area contributed by atoms with Crippen LogP contribution >= 0.6 is 0 Å². The van der Waals surface area contributed by atoms with Crippen molar-refractivity contribution in [2.45, 2.75) is 236 Å². The number of hydrogen-bond acceptors (Lipinski definition) is 8. The largest absolute Gasteiger partial charge is 0.394 e. The summed E-state index contributed by atoms with van der Waals surface area (Å²) in [6.45, 7) is 3.76. The molecule has 2 unspecified atom stereocenters. The maximum atomic E-state index is 12.9. The van der Waals surface area contributed by atoms with Gasteiger partial charge in [0.15, 0.2) is 6.29 Å². The minimum atomic E-state index is -1.55. The Hall–Kier alpha value is -1.33. The Morgan fingerprint density at radius 2 is 1.06 bits per heavy atom. The van der Waals surface area contributed by atoms with Gasteiger partial charge in [0.25, 0.3) is 0 Å². The van der Waals surface area contributed by atoms with E-state index >= 15 is 0 Å². The summed E-state index contributed by atoms with van der Waals surface area (Å²) in [7, 11) is 0. The van der Waals surface area contributed by atoms with Crippen LogP contribution in [0.25, 0.3) is 0 Å². The molecule has 0 aromatic rings. The number of amides is 1. The van der Waals surface area contributed by atoms with Crippen LogP contribution in [-0.4, -0.2) is 87.5 Å². The number of hydrogen-bond donors (Lipinski definition) is 6. The van der Waals surface area contributed by atoms with E-state index in [-0.39, 0.29) is 12.5 Å². The molecule has 0 spiro atoms. The van der Waals surface area contributed by atoms with Crippen LogP contribution in [0, 0.1) is 0 Å². The van der Waals surface area contributed by atoms with E-state index < -0.39 is 49.5 Å². The number of rotatable bonds is 36. The minimum Gasteiger partial charge on any atom is -0.394 e. The number of aliphatic hydroxyl groups excluding tert-OH is 5. The lowest BCUT2D eigenvalue weighted by atomic mass is 9.99. The van der Waals surface area contributed by atoms with Crippen molar-refractivity contribution in [1.82, 2.24) is 5.32 Å². The smallest absolute Gasteiger partial charge is 0.220 e. The Morgan fingerprint density at radius 1 is 0.623 bits per heavy atom. The molecule has 9 nitrogen and oxygen atoms in total. The van der Waals surface area contributed by atoms with E-state index in [0.29, 0.717) is 12.8 Å². The van der Waals surface area contributed by atoms with E-state index in [0.717, 1.165) is 44.9 Å². The Balaban J connectivity index is 2.27. The molecule has 1 fully saturated rings. The molecule has 1 heterocycles. The summed E-state index contributed by atoms with van der Waals surface area (Å²) in [5.74, 6) is -0.158. The van der Waals surface area contributed by atoms with Crippen LogP contribution in [0.15, 0.2) is 24.3 Å². The molecular formula is C44H83NO8. The van der Waals surface area contributed by atoms with Gasteiger partial charge in [-0.15, -0.1) is 0 Å². The molecule has 0 aliphatic carbocycles. The fraction of sp³-hybridized carbons (Fsp3) is 0.886. The highest BCUT2D eigenvalue weighted by molar-refractivity contribution is 5.76. The monoisotopic (exact) mass is 754 g/mol. The first-order valence-corrected chi connectivity index (χ1v) is 22.0. The SMILES string of the molecule is CCCCC/C=C/CCCC[C@@H](O)[C@H](CO[C@H]1O[C@@H](CO)[C@H](O)C(O)C1O)NC(=O)CCCCCCCCCCCCC/C=C/CCCCCCCC. The van der Waals surface area contributed by atoms with Crippen molar-refractivity contribution in [3.05, 3.63) is 24.3 Å². The Kier molecular flexibility index (Phi) is 32.9. The van der Waals surface area contributed by atoms with Crippen molar-refractivity contribution in [1.29, 1.82) is 0 Å². The van der Waals surface area contributed by atoms with Gasteiger partial charge in [0.1, 0.15) is 24.4 Å². The van der Waals surface area contributed by atoms with Gasteiger partial charge in [0, 0.05) is 6.42 Å². The summed E-state index contributed by atoms with van der Waals surface area (Å²) in [4.78, 5) is 12.9. The van der Waals surface area contributed by atoms with Gasteiger partial charge in [0.2, 0.25) is 5.91 Å². The zero-order chi connectivity index (χ0) is 38.8. The van der Waals surface area contributed by atoms with Gasteiger partial charge in [-0.2, -0.15) is 0 Å². The fourth-order valence-corrected chi connectivity index (χ4v) is 6.91. The van der Waals surface area contributed by atoms with Crippen LogP contribution in [-0.2, 0) is 14.3 Å². The zero-order valence-electron chi connectivity index (χ0n) is 34.0. The maximum Gasteiger partial charge on any atom is 0.220 e. The van der Waals surface area contributed by atoms with Crippen LogP contribution in [0.4, 0.5) is 0 Å². The average Bonchev–Trinajstić information content (AvgIpc) is 3.16. The molecular weight excluding hydrogens is 670 g/mol. The molecule has 0 saturated carbocycles. The molecule has 1 rings (SSSR count). The first kappa shape index (κ1) is 49.7. The van der Waals surface area contributed by atoms with Crippen LogP contribution in [0.2, 0.25) is 0 Å². The molecule has 0 aromatic carbocycles. The van der Waals surface area contributed by atoms with Gasteiger partial charge in [0.05, 0.1) is 25.4 Å². The number of nitrogens with one attached hydrogen (secondary N) is 1. The van der Waals surface area contributed by atoms with Crippen LogP contribution in [0.5, 0.6) is 0 Å². The first-order valence-electron chi connectivity index (χ1n) is 22.0. The molecule has 1 aliphatic heterocycles. The van der Waals surface area contributed by atoms with Gasteiger partial charge in [-0.25, -0.2) is 0 Å². The van der Waals surface area contributed by atoms with Crippen molar-refractivity contribution >= 4 is 5.91 Å². The van der Waals surface area contributed by atoms with Gasteiger partial charge >= 0.3 is 0 Å². The standard InChI is InChI=1S/C44H83NO8/c1-3-5-7-9-11-13-14-15-16-17-18-19-20-21-22-23-24-26-28-30-32-34-40(48)45-37(38(47)33-31-29-27-25-12-10-8-6-4-2)36-52-44-43(51)42(50)41(49)39(35-46)53-44/h12,15-16,25,37-39,41-44,46-47,49-51H,3-11,13-14,17-24,26-36H2,1-2H3,(H,45,48)/b16-15+,25-12+/t37-,38+,39-,41-,42?,43?,44-/m0/s1. The second-order valence-corrected chi connectivity index (χ2v) is 15.5. The predicted octanol–water partition coefficient (Wildman–Crippen LogP) is 8.72. The summed E-state index contributed by atoms with van der Waals surface area (Å²) >= 11 is 0. The summed E-state index contributed by atoms with van der Waals surface area (Å²) in [6, 6.07) is -0.731. The number of carbonyl (C=O) groups is 1. The molecule has 53 heavy (non-hydrogen) atoms. The van der Waals surface area contributed by atoms with Gasteiger partial charge in [-0.1, -0.05) is 147 Å². The molecule has 1 amide bonds. The minimum absolute atomic E-state index is 0.150. The van der Waals surface area contributed by atoms with E-state index in [1.165, 1.54) is 122 Å². The number of unbranched alkanes of at least 4 members (excludes halogenated alkanes) is 22. The van der Waals surface area contributed by atoms with Gasteiger partial charge in [-0.3, -0.25) is 4.79 Å². The molecule has 9 heteroatoms. The summed E-state index contributed by atoms with van der Waals surface area (Å²) < 4.78 is 11.2. The normalized spacial score (nSPS) is 21.8. The van der Waals surface area contributed by atoms with E-state index in [2.05, 4.69) is 43.5 Å². The van der Waals surface area contributed by atoms with E-state index in [1.54, 1.807) is 0 Å². The topological polar surface area (TPSA) is 149 Å². The summed E-state index contributed by atoms with van der Waals surface area (Å²) in [6.07, 6.45) is 33.5. The summed E-state index contributed by atoms with van der Waals surface area (Å²) in [5, 5.41) is 54.1. The van der Waals surface area contributed by atoms with Crippen molar-refractivity contribution < 1.29 is 39.8 Å². The third-order valence-electron chi connectivity index (χ3n) is 10.5. The molecule has 1 saturated heterocycles. The van der Waals surface area contributed by atoms with Crippen molar-refractivity contribution in [3.8, 4) is 0 Å². The second-order valence-electron chi connectivity index (χ2n) is 15.5. The van der Waals surface area contributed by atoms with E-state index in [1.807, 2.05) is 0 Å². The van der Waals surface area contributed by atoms with Crippen LogP contribution in [0.3, 0.4) is 0 Å². The van der Waals surface area contributed by atoms with Crippen LogP contribution in [0.1, 0.15) is 194 Å². The third kappa shape index (κ3) is 26.2. The fourth-order valence-electron chi connectivity index (χ4n) is 6.91. The van der Waals surface area contributed by atoms with Gasteiger partial charge < -0.3 is 40.3 Å². The van der Waals surface area contributed by atoms with E-state index in [4.69, 9.17) is 9.47 Å². The van der Waals surface area contributed by atoms with Crippen molar-refractivity contribution in [3.63, 3.8) is 0 Å². The molecule has 1 aliphatic rings. The molecule has 0 radical (unpaired) electrons. The lowest BCUT2D eigenvalue weighted by molar-refractivity contribution is -0.302. The lowest BCUT2D eigenvalue weighted by Crippen LogP contribution is -2.60. The number of carbonyl (C=O) groups excluding carboxylic acids is 1.